The summed E-state index contributed by atoms with van der Waals surface area (Å²) in [7, 11) is 1.77. The van der Waals surface area contributed by atoms with Crippen molar-refractivity contribution >= 4 is 28.5 Å². The summed E-state index contributed by atoms with van der Waals surface area (Å²) < 4.78 is 12.4. The molecular formula is C21H23ClN4O4. The first-order valence-corrected chi connectivity index (χ1v) is 10.2. The number of fused-ring (bicyclic) bond motifs is 1. The van der Waals surface area contributed by atoms with Crippen LogP contribution in [0.2, 0.25) is 5.02 Å². The van der Waals surface area contributed by atoms with Gasteiger partial charge in [-0.3, -0.25) is 14.4 Å². The maximum absolute atomic E-state index is 13.3. The lowest BCUT2D eigenvalue weighted by Crippen LogP contribution is -2.43. The number of hydrogen-bond acceptors (Lipinski definition) is 6. The van der Waals surface area contributed by atoms with Crippen molar-refractivity contribution in [3.05, 3.63) is 63.2 Å². The predicted octanol–water partition coefficient (Wildman–Crippen LogP) is 2.15. The first-order chi connectivity index (χ1) is 14.5. The minimum Gasteiger partial charge on any atom is -0.422 e. The summed E-state index contributed by atoms with van der Waals surface area (Å²) >= 11 is 6.27. The number of morpholine rings is 1. The third-order valence-electron chi connectivity index (χ3n) is 5.14. The lowest BCUT2D eigenvalue weighted by molar-refractivity contribution is 0.0319. The number of halogens is 1. The van der Waals surface area contributed by atoms with E-state index in [0.717, 1.165) is 13.1 Å². The zero-order chi connectivity index (χ0) is 21.1. The van der Waals surface area contributed by atoms with Crippen LogP contribution >= 0.6 is 11.6 Å². The molecule has 0 aliphatic carbocycles. The molecule has 0 saturated carbocycles. The van der Waals surface area contributed by atoms with Gasteiger partial charge in [-0.1, -0.05) is 29.8 Å². The van der Waals surface area contributed by atoms with Crippen LogP contribution in [0.15, 0.2) is 45.7 Å². The topological polar surface area (TPSA) is 80.8 Å². The summed E-state index contributed by atoms with van der Waals surface area (Å²) in [5, 5.41) is 5.53. The minimum atomic E-state index is -0.651. The Bertz CT molecular complexity index is 1100. The Balaban J connectivity index is 1.61. The van der Waals surface area contributed by atoms with Gasteiger partial charge in [-0.05, 0) is 12.1 Å². The predicted molar refractivity (Wildman–Crippen MR) is 113 cm³/mol. The number of carbonyl (C=O) groups is 1. The summed E-state index contributed by atoms with van der Waals surface area (Å²) in [5.74, 6) is -0.399. The molecule has 1 aliphatic rings. The third kappa shape index (κ3) is 4.56. The van der Waals surface area contributed by atoms with Gasteiger partial charge in [-0.25, -0.2) is 4.79 Å². The summed E-state index contributed by atoms with van der Waals surface area (Å²) in [6, 6.07) is 8.72. The standard InChI is InChI=1S/C21H23ClN4O4/c1-24-13-17(22)18(23-24)14-26(7-6-25-8-10-29-11-9-25)20(27)16-12-15-4-2-3-5-19(15)30-21(16)28/h2-5,12-13H,6-11,14H2,1H3. The molecule has 3 heterocycles. The van der Waals surface area contributed by atoms with Crippen LogP contribution in [0.3, 0.4) is 0 Å². The van der Waals surface area contributed by atoms with E-state index >= 15 is 0 Å². The van der Waals surface area contributed by atoms with Gasteiger partial charge in [0.2, 0.25) is 0 Å². The molecule has 1 fully saturated rings. The molecule has 0 spiro atoms. The molecule has 8 nitrogen and oxygen atoms in total. The number of aryl methyl sites for hydroxylation is 1. The molecule has 0 radical (unpaired) electrons. The zero-order valence-electron chi connectivity index (χ0n) is 16.7. The quantitative estimate of drug-likeness (QED) is 0.557. The maximum Gasteiger partial charge on any atom is 0.349 e. The average molecular weight is 431 g/mol. The van der Waals surface area contributed by atoms with Crippen LogP contribution in [0.4, 0.5) is 0 Å². The Morgan fingerprint density at radius 3 is 2.77 bits per heavy atom. The highest BCUT2D eigenvalue weighted by Gasteiger charge is 2.24. The number of benzene rings is 1. The highest BCUT2D eigenvalue weighted by Crippen LogP contribution is 2.18. The number of hydrogen-bond donors (Lipinski definition) is 0. The van der Waals surface area contributed by atoms with E-state index in [2.05, 4.69) is 10.00 Å². The second-order valence-electron chi connectivity index (χ2n) is 7.26. The van der Waals surface area contributed by atoms with Crippen molar-refractivity contribution in [2.75, 3.05) is 39.4 Å². The van der Waals surface area contributed by atoms with Crippen molar-refractivity contribution in [3.63, 3.8) is 0 Å². The van der Waals surface area contributed by atoms with E-state index in [1.165, 1.54) is 0 Å². The zero-order valence-corrected chi connectivity index (χ0v) is 17.5. The summed E-state index contributed by atoms with van der Waals surface area (Å²) in [6.45, 7) is 4.27. The monoisotopic (exact) mass is 430 g/mol. The lowest BCUT2D eigenvalue weighted by Gasteiger charge is -2.29. The summed E-state index contributed by atoms with van der Waals surface area (Å²) in [6.07, 6.45) is 1.69. The Morgan fingerprint density at radius 1 is 1.27 bits per heavy atom. The minimum absolute atomic E-state index is 0.00253. The van der Waals surface area contributed by atoms with Gasteiger partial charge >= 0.3 is 5.63 Å². The van der Waals surface area contributed by atoms with Gasteiger partial charge in [0.05, 0.1) is 24.8 Å². The van der Waals surface area contributed by atoms with Gasteiger partial charge in [0.15, 0.2) is 0 Å². The fourth-order valence-corrected chi connectivity index (χ4v) is 3.75. The lowest BCUT2D eigenvalue weighted by atomic mass is 10.1. The van der Waals surface area contributed by atoms with Crippen LogP contribution in [0, 0.1) is 0 Å². The molecule has 0 bridgehead atoms. The van der Waals surface area contributed by atoms with Gasteiger partial charge < -0.3 is 14.1 Å². The Morgan fingerprint density at radius 2 is 2.03 bits per heavy atom. The van der Waals surface area contributed by atoms with Crippen molar-refractivity contribution in [3.8, 4) is 0 Å². The molecule has 9 heteroatoms. The van der Waals surface area contributed by atoms with Gasteiger partial charge in [0.25, 0.3) is 5.91 Å². The van der Waals surface area contributed by atoms with Gasteiger partial charge in [0, 0.05) is 44.8 Å². The Kier molecular flexibility index (Phi) is 6.17. The van der Waals surface area contributed by atoms with Crippen LogP contribution in [0.5, 0.6) is 0 Å². The van der Waals surface area contributed by atoms with Crippen LogP contribution in [0.25, 0.3) is 11.0 Å². The number of carbonyl (C=O) groups excluding carboxylic acids is 1. The molecule has 2 aromatic heterocycles. The molecule has 1 amide bonds. The fourth-order valence-electron chi connectivity index (χ4n) is 3.51. The van der Waals surface area contributed by atoms with Gasteiger partial charge in [-0.15, -0.1) is 0 Å². The van der Waals surface area contributed by atoms with E-state index in [9.17, 15) is 9.59 Å². The van der Waals surface area contributed by atoms with E-state index in [1.54, 1.807) is 41.0 Å². The molecule has 30 heavy (non-hydrogen) atoms. The molecule has 1 saturated heterocycles. The number of aromatic nitrogens is 2. The maximum atomic E-state index is 13.3. The van der Waals surface area contributed by atoms with E-state index < -0.39 is 11.5 Å². The average Bonchev–Trinajstić information content (AvgIpc) is 3.07. The van der Waals surface area contributed by atoms with Crippen molar-refractivity contribution < 1.29 is 13.9 Å². The van der Waals surface area contributed by atoms with Crippen LogP contribution in [-0.2, 0) is 18.3 Å². The summed E-state index contributed by atoms with van der Waals surface area (Å²) in [4.78, 5) is 29.7. The van der Waals surface area contributed by atoms with Crippen molar-refractivity contribution in [1.82, 2.24) is 19.6 Å². The van der Waals surface area contributed by atoms with Crippen LogP contribution in [-0.4, -0.2) is 64.9 Å². The van der Waals surface area contributed by atoms with Crippen LogP contribution in [0.1, 0.15) is 16.1 Å². The summed E-state index contributed by atoms with van der Waals surface area (Å²) in [5.41, 5.74) is 0.385. The smallest absolute Gasteiger partial charge is 0.349 e. The van der Waals surface area contributed by atoms with E-state index in [4.69, 9.17) is 20.8 Å². The fraction of sp³-hybridized carbons (Fsp3) is 0.381. The first-order valence-electron chi connectivity index (χ1n) is 9.81. The molecule has 0 atom stereocenters. The van der Waals surface area contributed by atoms with E-state index in [-0.39, 0.29) is 12.1 Å². The van der Waals surface area contributed by atoms with Crippen molar-refractivity contribution in [2.45, 2.75) is 6.54 Å². The highest BCUT2D eigenvalue weighted by molar-refractivity contribution is 6.31. The molecule has 0 unspecified atom stereocenters. The number of para-hydroxylation sites is 1. The number of amides is 1. The van der Waals surface area contributed by atoms with Crippen LogP contribution < -0.4 is 5.63 Å². The molecular weight excluding hydrogens is 408 g/mol. The van der Waals surface area contributed by atoms with Crippen molar-refractivity contribution in [2.24, 2.45) is 7.05 Å². The number of nitrogens with zero attached hydrogens (tertiary/aromatic N) is 4. The van der Waals surface area contributed by atoms with E-state index in [0.29, 0.717) is 48.0 Å². The van der Waals surface area contributed by atoms with Gasteiger partial charge in [0.1, 0.15) is 16.8 Å². The Labute approximate surface area is 178 Å². The van der Waals surface area contributed by atoms with Crippen molar-refractivity contribution in [1.29, 1.82) is 0 Å². The largest absolute Gasteiger partial charge is 0.422 e. The third-order valence-corrected chi connectivity index (χ3v) is 5.46. The SMILES string of the molecule is Cn1cc(Cl)c(CN(CCN2CCOCC2)C(=O)c2cc3ccccc3oc2=O)n1. The highest BCUT2D eigenvalue weighted by atomic mass is 35.5. The Hall–Kier alpha value is -2.68. The molecule has 4 rings (SSSR count). The molecule has 158 valence electrons. The van der Waals surface area contributed by atoms with Gasteiger partial charge in [-0.2, -0.15) is 5.10 Å². The number of rotatable bonds is 6. The van der Waals surface area contributed by atoms with E-state index in [1.807, 2.05) is 12.1 Å². The second kappa shape index (κ2) is 8.99. The molecule has 1 aromatic carbocycles. The normalized spacial score (nSPS) is 14.9. The molecule has 0 N–H and O–H groups in total. The molecule has 1 aliphatic heterocycles. The second-order valence-corrected chi connectivity index (χ2v) is 7.67. The molecule has 3 aromatic rings. The first kappa shape index (κ1) is 20.6. The number of ether oxygens (including phenoxy) is 1.